The summed E-state index contributed by atoms with van der Waals surface area (Å²) in [5.41, 5.74) is 3.64. The van der Waals surface area contributed by atoms with E-state index >= 15 is 0 Å². The third-order valence-corrected chi connectivity index (χ3v) is 3.42. The van der Waals surface area contributed by atoms with Gasteiger partial charge in [0.25, 0.3) is 0 Å². The average molecular weight is 319 g/mol. The smallest absolute Gasteiger partial charge is 0.119 e. The van der Waals surface area contributed by atoms with Crippen LogP contribution in [0.25, 0.3) is 11.4 Å². The van der Waals surface area contributed by atoms with Crippen LogP contribution in [0.3, 0.4) is 0 Å². The lowest BCUT2D eigenvalue weighted by atomic mass is 10.2. The second-order valence-corrected chi connectivity index (χ2v) is 5.08. The van der Waals surface area contributed by atoms with Crippen molar-refractivity contribution in [2.45, 2.75) is 6.61 Å². The number of benzene rings is 1. The van der Waals surface area contributed by atoms with Crippen LogP contribution in [0.15, 0.2) is 65.7 Å². The molecular weight excluding hydrogens is 302 g/mol. The molecule has 0 bridgehead atoms. The fourth-order valence-corrected chi connectivity index (χ4v) is 2.19. The summed E-state index contributed by atoms with van der Waals surface area (Å²) in [4.78, 5) is 13.3. The maximum absolute atomic E-state index is 9.20. The summed E-state index contributed by atoms with van der Waals surface area (Å²) in [6, 6.07) is 18.7. The zero-order valence-corrected chi connectivity index (χ0v) is 13.3. The van der Waals surface area contributed by atoms with E-state index in [1.807, 2.05) is 54.6 Å². The summed E-state index contributed by atoms with van der Waals surface area (Å²) in [7, 11) is 1.63. The van der Waals surface area contributed by atoms with Gasteiger partial charge >= 0.3 is 0 Å². The number of ether oxygens (including phenoxy) is 1. The minimum atomic E-state index is -0.0908. The van der Waals surface area contributed by atoms with Crippen molar-refractivity contribution in [1.29, 1.82) is 0 Å². The van der Waals surface area contributed by atoms with Crippen molar-refractivity contribution >= 4 is 11.9 Å². The predicted molar refractivity (Wildman–Crippen MR) is 93.6 cm³/mol. The molecule has 0 saturated heterocycles. The van der Waals surface area contributed by atoms with E-state index in [4.69, 9.17) is 4.74 Å². The lowest BCUT2D eigenvalue weighted by Gasteiger charge is -2.03. The van der Waals surface area contributed by atoms with Crippen LogP contribution in [-0.2, 0) is 6.61 Å². The minimum Gasteiger partial charge on any atom is -0.497 e. The highest BCUT2D eigenvalue weighted by atomic mass is 16.5. The van der Waals surface area contributed by atoms with Gasteiger partial charge in [-0.2, -0.15) is 0 Å². The van der Waals surface area contributed by atoms with Crippen molar-refractivity contribution < 1.29 is 9.84 Å². The lowest BCUT2D eigenvalue weighted by Crippen LogP contribution is -1.95. The Hall–Kier alpha value is -3.05. The summed E-state index contributed by atoms with van der Waals surface area (Å²) >= 11 is 0. The average Bonchev–Trinajstić information content (AvgIpc) is 2.67. The maximum atomic E-state index is 9.20. The van der Waals surface area contributed by atoms with Crippen LogP contribution in [0.4, 0.5) is 5.69 Å². The van der Waals surface area contributed by atoms with Crippen LogP contribution in [0.2, 0.25) is 0 Å². The van der Waals surface area contributed by atoms with Gasteiger partial charge in [0.2, 0.25) is 0 Å². The Kier molecular flexibility index (Phi) is 4.93. The van der Waals surface area contributed by atoms with Gasteiger partial charge in [-0.1, -0.05) is 12.1 Å². The molecule has 0 amide bonds. The van der Waals surface area contributed by atoms with Crippen molar-refractivity contribution in [3.8, 4) is 17.1 Å². The molecule has 1 aromatic carbocycles. The van der Waals surface area contributed by atoms with E-state index in [1.165, 1.54) is 0 Å². The Morgan fingerprint density at radius 3 is 2.38 bits per heavy atom. The maximum Gasteiger partial charge on any atom is 0.119 e. The molecule has 0 atom stereocenters. The van der Waals surface area contributed by atoms with Crippen molar-refractivity contribution in [2.75, 3.05) is 7.11 Å². The van der Waals surface area contributed by atoms with Crippen molar-refractivity contribution in [3.05, 3.63) is 72.1 Å². The molecule has 24 heavy (non-hydrogen) atoms. The number of hydrogen-bond donors (Lipinski definition) is 1. The van der Waals surface area contributed by atoms with Gasteiger partial charge in [-0.15, -0.1) is 0 Å². The fraction of sp³-hybridized carbons (Fsp3) is 0.105. The Morgan fingerprint density at radius 2 is 1.67 bits per heavy atom. The number of aliphatic hydroxyl groups excluding tert-OH is 1. The third kappa shape index (κ3) is 3.83. The van der Waals surface area contributed by atoms with E-state index in [0.29, 0.717) is 5.69 Å². The molecule has 0 unspecified atom stereocenters. The molecule has 3 rings (SSSR count). The summed E-state index contributed by atoms with van der Waals surface area (Å²) in [5.74, 6) is 0.795. The fourth-order valence-electron chi connectivity index (χ4n) is 2.19. The summed E-state index contributed by atoms with van der Waals surface area (Å²) < 4.78 is 5.13. The molecule has 0 fully saturated rings. The molecule has 0 saturated carbocycles. The first-order chi connectivity index (χ1) is 11.8. The number of methoxy groups -OCH3 is 1. The van der Waals surface area contributed by atoms with Gasteiger partial charge in [0, 0.05) is 0 Å². The molecule has 5 nitrogen and oxygen atoms in total. The first-order valence-electron chi connectivity index (χ1n) is 7.51. The predicted octanol–water partition coefficient (Wildman–Crippen LogP) is 3.40. The van der Waals surface area contributed by atoms with Gasteiger partial charge in [0.15, 0.2) is 0 Å². The highest BCUT2D eigenvalue weighted by Crippen LogP contribution is 2.18. The van der Waals surface area contributed by atoms with Crippen LogP contribution >= 0.6 is 0 Å². The van der Waals surface area contributed by atoms with Crippen LogP contribution in [-0.4, -0.2) is 28.4 Å². The Morgan fingerprint density at radius 1 is 0.958 bits per heavy atom. The van der Waals surface area contributed by atoms with Crippen molar-refractivity contribution in [1.82, 2.24) is 9.97 Å². The van der Waals surface area contributed by atoms with Crippen LogP contribution < -0.4 is 4.74 Å². The molecule has 0 spiro atoms. The first kappa shape index (κ1) is 15.8. The number of rotatable bonds is 5. The van der Waals surface area contributed by atoms with Crippen molar-refractivity contribution in [2.24, 2.45) is 4.99 Å². The van der Waals surface area contributed by atoms with Gasteiger partial charge < -0.3 is 9.84 Å². The quantitative estimate of drug-likeness (QED) is 0.732. The zero-order valence-electron chi connectivity index (χ0n) is 13.3. The summed E-state index contributed by atoms with van der Waals surface area (Å²) in [6.45, 7) is -0.0908. The first-order valence-corrected chi connectivity index (χ1v) is 7.51. The molecule has 5 heteroatoms. The number of aliphatic imine (C=N–C) groups is 1. The van der Waals surface area contributed by atoms with E-state index < -0.39 is 0 Å². The number of pyridine rings is 2. The molecular formula is C19H17N3O2. The van der Waals surface area contributed by atoms with Gasteiger partial charge in [-0.25, -0.2) is 9.97 Å². The van der Waals surface area contributed by atoms with E-state index in [-0.39, 0.29) is 6.61 Å². The van der Waals surface area contributed by atoms with Gasteiger partial charge in [0.1, 0.15) is 5.75 Å². The Balaban J connectivity index is 1.83. The number of hydrogen-bond acceptors (Lipinski definition) is 5. The lowest BCUT2D eigenvalue weighted by molar-refractivity contribution is 0.277. The second-order valence-electron chi connectivity index (χ2n) is 5.08. The van der Waals surface area contributed by atoms with E-state index in [9.17, 15) is 5.11 Å². The topological polar surface area (TPSA) is 67.6 Å². The number of aromatic nitrogens is 2. The summed E-state index contributed by atoms with van der Waals surface area (Å²) in [5, 5.41) is 9.20. The van der Waals surface area contributed by atoms with Crippen LogP contribution in [0.5, 0.6) is 5.75 Å². The van der Waals surface area contributed by atoms with E-state index in [2.05, 4.69) is 15.0 Å². The standard InChI is InChI=1S/C19H17N3O2/c1-24-17-10-8-14(9-11-17)20-12-15-4-2-6-18(21-15)19-7-3-5-16(13-23)22-19/h2-12,23H,13H2,1H3. The zero-order chi connectivity index (χ0) is 16.8. The highest BCUT2D eigenvalue weighted by Gasteiger charge is 2.03. The molecule has 0 aliphatic heterocycles. The molecule has 120 valence electrons. The molecule has 3 aromatic rings. The van der Waals surface area contributed by atoms with Crippen LogP contribution in [0.1, 0.15) is 11.4 Å². The second kappa shape index (κ2) is 7.48. The number of nitrogens with zero attached hydrogens (tertiary/aromatic N) is 3. The van der Waals surface area contributed by atoms with E-state index in [1.54, 1.807) is 19.4 Å². The largest absolute Gasteiger partial charge is 0.497 e. The summed E-state index contributed by atoms with van der Waals surface area (Å²) in [6.07, 6.45) is 1.71. The molecule has 0 radical (unpaired) electrons. The van der Waals surface area contributed by atoms with Crippen molar-refractivity contribution in [3.63, 3.8) is 0 Å². The molecule has 2 aromatic heterocycles. The Bertz CT molecular complexity index is 845. The normalized spacial score (nSPS) is 10.9. The SMILES string of the molecule is COc1ccc(N=Cc2cccc(-c3cccc(CO)n3)n2)cc1. The van der Waals surface area contributed by atoms with Gasteiger partial charge in [0.05, 0.1) is 48.4 Å². The minimum absolute atomic E-state index is 0.0908. The van der Waals surface area contributed by atoms with E-state index in [0.717, 1.165) is 28.5 Å². The monoisotopic (exact) mass is 319 g/mol. The third-order valence-electron chi connectivity index (χ3n) is 3.42. The molecule has 1 N–H and O–H groups in total. The van der Waals surface area contributed by atoms with Crippen LogP contribution in [0, 0.1) is 0 Å². The molecule has 0 aliphatic rings. The Labute approximate surface area is 140 Å². The highest BCUT2D eigenvalue weighted by molar-refractivity contribution is 5.80. The van der Waals surface area contributed by atoms with Gasteiger partial charge in [-0.05, 0) is 48.5 Å². The molecule has 0 aliphatic carbocycles. The van der Waals surface area contributed by atoms with Gasteiger partial charge in [-0.3, -0.25) is 4.99 Å². The molecule has 2 heterocycles. The number of aliphatic hydroxyl groups is 1.